The van der Waals surface area contributed by atoms with Gasteiger partial charge in [-0.1, -0.05) is 173 Å². The van der Waals surface area contributed by atoms with Crippen LogP contribution in [0, 0.1) is 5.92 Å². The molecule has 9 aromatic carbocycles. The van der Waals surface area contributed by atoms with Crippen LogP contribution in [0.4, 0.5) is 34.1 Å². The molecule has 11 aromatic rings. The van der Waals surface area contributed by atoms with Crippen molar-refractivity contribution >= 4 is 56.2 Å². The Morgan fingerprint density at radius 3 is 0.887 bits per heavy atom. The standard InChI is InChI=1S/C64H55N7/c1-5-57-58(6-2)66-62-60(50-33-29-46(30-34-50)48-37-41-56(42-38-48)71(53-23-15-9-16-24-53)54-25-17-10-18-26-54)64-63(67-69(68-64)43-44(3)4)59(61(62)65-57)49-31-27-45(28-32-49)47-35-39-55(40-36-47)70(51-19-11-7-12-20-51)52-21-13-8-14-22-52/h7-42,44H,5-6,43H2,1-4H3. The number of nitrogens with zero attached hydrogens (tertiary/aromatic N) is 7. The van der Waals surface area contributed by atoms with E-state index in [1.54, 1.807) is 0 Å². The molecule has 0 aliphatic carbocycles. The second-order valence-electron chi connectivity index (χ2n) is 18.4. The fourth-order valence-corrected chi connectivity index (χ4v) is 9.75. The SMILES string of the molecule is CCc1nc2c(-c3ccc(-c4ccc(N(c5ccccc5)c5ccccc5)cc4)cc3)c3nn(CC(C)C)nc3c(-c3ccc(-c4ccc(N(c5ccccc5)c5ccccc5)cc4)cc3)c2nc1CC. The summed E-state index contributed by atoms with van der Waals surface area (Å²) in [5, 5.41) is 10.6. The number of fused-ring (bicyclic) bond motifs is 2. The van der Waals surface area contributed by atoms with Crippen molar-refractivity contribution in [1.82, 2.24) is 25.0 Å². The highest BCUT2D eigenvalue weighted by Gasteiger charge is 2.25. The lowest BCUT2D eigenvalue weighted by molar-refractivity contribution is 0.442. The first kappa shape index (κ1) is 44.8. The quantitative estimate of drug-likeness (QED) is 0.108. The summed E-state index contributed by atoms with van der Waals surface area (Å²) in [6.45, 7) is 9.42. The lowest BCUT2D eigenvalue weighted by Crippen LogP contribution is -2.09. The first-order chi connectivity index (χ1) is 34.9. The maximum atomic E-state index is 5.49. The maximum Gasteiger partial charge on any atom is 0.124 e. The number of anilines is 6. The molecule has 0 atom stereocenters. The van der Waals surface area contributed by atoms with Gasteiger partial charge in [-0.15, -0.1) is 0 Å². The van der Waals surface area contributed by atoms with Crippen LogP contribution in [0.3, 0.4) is 0 Å². The van der Waals surface area contributed by atoms with Gasteiger partial charge >= 0.3 is 0 Å². The molecule has 346 valence electrons. The average molecular weight is 922 g/mol. The summed E-state index contributed by atoms with van der Waals surface area (Å²) < 4.78 is 0. The number of hydrogen-bond donors (Lipinski definition) is 0. The summed E-state index contributed by atoms with van der Waals surface area (Å²) in [6, 6.07) is 77.4. The van der Waals surface area contributed by atoms with Crippen LogP contribution in [-0.2, 0) is 19.4 Å². The maximum absolute atomic E-state index is 5.49. The molecule has 0 N–H and O–H groups in total. The number of aromatic nitrogens is 5. The van der Waals surface area contributed by atoms with Gasteiger partial charge in [0.1, 0.15) is 11.0 Å². The normalized spacial score (nSPS) is 11.4. The minimum absolute atomic E-state index is 0.351. The number of benzene rings is 9. The summed E-state index contributed by atoms with van der Waals surface area (Å²) >= 11 is 0. The molecule has 0 spiro atoms. The van der Waals surface area contributed by atoms with Gasteiger partial charge in [-0.3, -0.25) is 0 Å². The molecule has 0 amide bonds. The molecular formula is C64H55N7. The Labute approximate surface area is 416 Å². The van der Waals surface area contributed by atoms with E-state index in [-0.39, 0.29) is 0 Å². The molecular weight excluding hydrogens is 867 g/mol. The fourth-order valence-electron chi connectivity index (χ4n) is 9.75. The molecule has 0 aliphatic rings. The second-order valence-corrected chi connectivity index (χ2v) is 18.4. The van der Waals surface area contributed by atoms with Gasteiger partial charge in [0, 0.05) is 45.3 Å². The van der Waals surface area contributed by atoms with Gasteiger partial charge in [0.15, 0.2) is 0 Å². The van der Waals surface area contributed by atoms with Gasteiger partial charge in [-0.2, -0.15) is 15.0 Å². The van der Waals surface area contributed by atoms with Gasteiger partial charge in [-0.05, 0) is 125 Å². The Morgan fingerprint density at radius 1 is 0.338 bits per heavy atom. The molecule has 0 fully saturated rings. The lowest BCUT2D eigenvalue weighted by atomic mass is 9.92. The predicted molar refractivity (Wildman–Crippen MR) is 295 cm³/mol. The Hall–Kier alpha value is -8.68. The van der Waals surface area contributed by atoms with Gasteiger partial charge in [-0.25, -0.2) is 9.97 Å². The average Bonchev–Trinajstić information content (AvgIpc) is 3.83. The molecule has 0 saturated heterocycles. The molecule has 71 heavy (non-hydrogen) atoms. The van der Waals surface area contributed by atoms with Crippen molar-refractivity contribution in [1.29, 1.82) is 0 Å². The van der Waals surface area contributed by atoms with Gasteiger partial charge in [0.25, 0.3) is 0 Å². The van der Waals surface area contributed by atoms with Crippen molar-refractivity contribution in [2.45, 2.75) is 47.1 Å². The third-order valence-electron chi connectivity index (χ3n) is 13.2. The molecule has 7 nitrogen and oxygen atoms in total. The third-order valence-corrected chi connectivity index (χ3v) is 13.2. The smallest absolute Gasteiger partial charge is 0.124 e. The van der Waals surface area contributed by atoms with E-state index in [1.165, 1.54) is 0 Å². The first-order valence-corrected chi connectivity index (χ1v) is 24.8. The number of rotatable bonds is 14. The van der Waals surface area contributed by atoms with Crippen LogP contribution >= 0.6 is 0 Å². The molecule has 2 heterocycles. The summed E-state index contributed by atoms with van der Waals surface area (Å²) in [4.78, 5) is 17.4. The van der Waals surface area contributed by atoms with Gasteiger partial charge in [0.05, 0.1) is 29.0 Å². The van der Waals surface area contributed by atoms with Gasteiger partial charge in [0.2, 0.25) is 0 Å². The van der Waals surface area contributed by atoms with Crippen LogP contribution in [-0.4, -0.2) is 25.0 Å². The Balaban J connectivity index is 0.976. The van der Waals surface area contributed by atoms with Crippen LogP contribution in [0.1, 0.15) is 39.1 Å². The molecule has 11 rings (SSSR count). The minimum Gasteiger partial charge on any atom is -0.311 e. The lowest BCUT2D eigenvalue weighted by Gasteiger charge is -2.25. The van der Waals surface area contributed by atoms with Crippen molar-refractivity contribution in [2.24, 2.45) is 5.92 Å². The zero-order valence-electron chi connectivity index (χ0n) is 40.6. The van der Waals surface area contributed by atoms with E-state index in [4.69, 9.17) is 20.2 Å². The molecule has 2 aromatic heterocycles. The summed E-state index contributed by atoms with van der Waals surface area (Å²) in [7, 11) is 0. The van der Waals surface area contributed by atoms with Crippen molar-refractivity contribution in [3.8, 4) is 44.5 Å². The molecule has 0 aliphatic heterocycles. The zero-order chi connectivity index (χ0) is 48.3. The molecule has 0 saturated carbocycles. The molecule has 7 heteroatoms. The highest BCUT2D eigenvalue weighted by atomic mass is 15.5. The summed E-state index contributed by atoms with van der Waals surface area (Å²) in [6.07, 6.45) is 1.56. The topological polar surface area (TPSA) is 63.0 Å². The van der Waals surface area contributed by atoms with E-state index in [0.717, 1.165) is 125 Å². The molecule has 0 bridgehead atoms. The van der Waals surface area contributed by atoms with Crippen LogP contribution in [0.15, 0.2) is 218 Å². The zero-order valence-corrected chi connectivity index (χ0v) is 40.6. The molecule has 0 unspecified atom stereocenters. The predicted octanol–water partition coefficient (Wildman–Crippen LogP) is 16.8. The third kappa shape index (κ3) is 8.94. The van der Waals surface area contributed by atoms with E-state index in [1.807, 2.05) is 4.80 Å². The highest BCUT2D eigenvalue weighted by Crippen LogP contribution is 2.43. The van der Waals surface area contributed by atoms with E-state index >= 15 is 0 Å². The summed E-state index contributed by atoms with van der Waals surface area (Å²) in [5.41, 5.74) is 20.5. The van der Waals surface area contributed by atoms with Crippen molar-refractivity contribution < 1.29 is 0 Å². The fraction of sp³-hybridized carbons (Fsp3) is 0.125. The van der Waals surface area contributed by atoms with E-state index < -0.39 is 0 Å². The van der Waals surface area contributed by atoms with Crippen LogP contribution in [0.25, 0.3) is 66.6 Å². The largest absolute Gasteiger partial charge is 0.311 e. The van der Waals surface area contributed by atoms with Gasteiger partial charge < -0.3 is 9.80 Å². The minimum atomic E-state index is 0.351. The number of aryl methyl sites for hydroxylation is 2. The Kier molecular flexibility index (Phi) is 12.5. The first-order valence-electron chi connectivity index (χ1n) is 24.8. The van der Waals surface area contributed by atoms with Crippen LogP contribution in [0.5, 0.6) is 0 Å². The Morgan fingerprint density at radius 2 is 0.606 bits per heavy atom. The van der Waals surface area contributed by atoms with Crippen molar-refractivity contribution in [3.05, 3.63) is 230 Å². The number of hydrogen-bond acceptors (Lipinski definition) is 6. The monoisotopic (exact) mass is 921 g/mol. The second kappa shape index (κ2) is 19.7. The van der Waals surface area contributed by atoms with E-state index in [9.17, 15) is 0 Å². The van der Waals surface area contributed by atoms with Crippen LogP contribution in [0.2, 0.25) is 0 Å². The summed E-state index contributed by atoms with van der Waals surface area (Å²) in [5.74, 6) is 0.351. The molecule has 0 radical (unpaired) electrons. The van der Waals surface area contributed by atoms with Crippen molar-refractivity contribution in [3.63, 3.8) is 0 Å². The Bertz CT molecular complexity index is 3240. The van der Waals surface area contributed by atoms with Crippen LogP contribution < -0.4 is 9.80 Å². The van der Waals surface area contributed by atoms with E-state index in [0.29, 0.717) is 12.5 Å². The van der Waals surface area contributed by atoms with Crippen molar-refractivity contribution in [2.75, 3.05) is 9.80 Å². The van der Waals surface area contributed by atoms with E-state index in [2.05, 4.69) is 256 Å². The highest BCUT2D eigenvalue weighted by molar-refractivity contribution is 6.16. The number of para-hydroxylation sites is 4.